The largest absolute Gasteiger partial charge is 0.338 e. The Bertz CT molecular complexity index is 698. The number of amides is 1. The molecule has 2 N–H and O–H groups in total. The zero-order chi connectivity index (χ0) is 17.5. The third-order valence-corrected chi connectivity index (χ3v) is 5.33. The lowest BCUT2D eigenvalue weighted by Crippen LogP contribution is -2.36. The summed E-state index contributed by atoms with van der Waals surface area (Å²) in [6, 6.07) is 9.82. The topological polar surface area (TPSA) is 69.6 Å². The van der Waals surface area contributed by atoms with Gasteiger partial charge in [-0.3, -0.25) is 9.59 Å². The van der Waals surface area contributed by atoms with Crippen LogP contribution in [-0.4, -0.2) is 35.9 Å². The van der Waals surface area contributed by atoms with E-state index in [1.807, 2.05) is 42.2 Å². The Morgan fingerprint density at radius 3 is 2.67 bits per heavy atom. The Hall–Kier alpha value is -2.02. The number of aldehydes is 1. The van der Waals surface area contributed by atoms with Crippen LogP contribution in [-0.2, 0) is 24.2 Å². The summed E-state index contributed by atoms with van der Waals surface area (Å²) in [6.07, 6.45) is 2.23. The molecule has 24 heavy (non-hydrogen) atoms. The van der Waals surface area contributed by atoms with E-state index in [-0.39, 0.29) is 5.91 Å². The molecular formula is C18H22N2O3S. The maximum Gasteiger partial charge on any atom is 0.227 e. The zero-order valence-electron chi connectivity index (χ0n) is 13.9. The molecular weight excluding hydrogens is 324 g/mol. The molecule has 6 heteroatoms. The van der Waals surface area contributed by atoms with Gasteiger partial charge in [-0.25, -0.2) is 5.48 Å². The van der Waals surface area contributed by atoms with Crippen LogP contribution in [0.5, 0.6) is 0 Å². The molecule has 0 spiro atoms. The first-order valence-corrected chi connectivity index (χ1v) is 8.61. The minimum Gasteiger partial charge on any atom is -0.338 e. The van der Waals surface area contributed by atoms with Crippen LogP contribution in [0.15, 0.2) is 30.3 Å². The summed E-state index contributed by atoms with van der Waals surface area (Å²) in [4.78, 5) is 27.4. The molecule has 0 fully saturated rings. The highest BCUT2D eigenvalue weighted by atomic mass is 32.1. The standard InChI is InChI=1S/C17H17NO2S.CH5NO/c1-12-14-10-18(8-7-15(14)21-16(12)11-19)17(20)9-13-5-3-2-4-6-13;1-2-3/h2-6,11H,7-10H2,1H3;2-3H,1H3. The minimum absolute atomic E-state index is 0.158. The Morgan fingerprint density at radius 1 is 1.38 bits per heavy atom. The number of nitrogens with zero attached hydrogens (tertiary/aromatic N) is 1. The maximum atomic E-state index is 12.4. The van der Waals surface area contributed by atoms with Gasteiger partial charge in [-0.2, -0.15) is 0 Å². The Balaban J connectivity index is 0.000000647. The number of thiophene rings is 1. The van der Waals surface area contributed by atoms with Crippen molar-refractivity contribution in [2.24, 2.45) is 0 Å². The van der Waals surface area contributed by atoms with Crippen LogP contribution in [0.2, 0.25) is 0 Å². The lowest BCUT2D eigenvalue weighted by atomic mass is 10.0. The number of fused-ring (bicyclic) bond motifs is 1. The lowest BCUT2D eigenvalue weighted by Gasteiger charge is -2.27. The smallest absolute Gasteiger partial charge is 0.227 e. The molecule has 2 aromatic rings. The SMILES string of the molecule is CNO.Cc1c(C=O)sc2c1CN(C(=O)Cc1ccccc1)CC2. The van der Waals surface area contributed by atoms with E-state index in [4.69, 9.17) is 5.21 Å². The molecule has 1 amide bonds. The summed E-state index contributed by atoms with van der Waals surface area (Å²) in [5, 5.41) is 7.32. The van der Waals surface area contributed by atoms with Crippen LogP contribution >= 0.6 is 11.3 Å². The number of nitrogens with one attached hydrogen (secondary N) is 1. The van der Waals surface area contributed by atoms with E-state index in [2.05, 4.69) is 0 Å². The van der Waals surface area contributed by atoms with Crippen LogP contribution in [0.4, 0.5) is 0 Å². The summed E-state index contributed by atoms with van der Waals surface area (Å²) in [7, 11) is 1.43. The number of hydrogen-bond donors (Lipinski definition) is 2. The second-order valence-electron chi connectivity index (χ2n) is 5.56. The molecule has 0 atom stereocenters. The van der Waals surface area contributed by atoms with Crippen molar-refractivity contribution in [3.63, 3.8) is 0 Å². The normalized spacial score (nSPS) is 12.9. The number of carbonyl (C=O) groups is 2. The van der Waals surface area contributed by atoms with Gasteiger partial charge in [0.25, 0.3) is 0 Å². The molecule has 1 aromatic carbocycles. The molecule has 1 aliphatic rings. The van der Waals surface area contributed by atoms with Gasteiger partial charge in [0.05, 0.1) is 11.3 Å². The summed E-state index contributed by atoms with van der Waals surface area (Å²) in [5.41, 5.74) is 5.01. The highest BCUT2D eigenvalue weighted by molar-refractivity contribution is 7.14. The van der Waals surface area contributed by atoms with Gasteiger partial charge in [-0.05, 0) is 30.0 Å². The van der Waals surface area contributed by atoms with Gasteiger partial charge in [0, 0.05) is 25.0 Å². The number of hydrogen-bond acceptors (Lipinski definition) is 5. The molecule has 0 radical (unpaired) electrons. The number of carbonyl (C=O) groups excluding carboxylic acids is 2. The first kappa shape index (κ1) is 18.3. The highest BCUT2D eigenvalue weighted by Crippen LogP contribution is 2.31. The van der Waals surface area contributed by atoms with Crippen molar-refractivity contribution in [3.8, 4) is 0 Å². The Morgan fingerprint density at radius 2 is 2.04 bits per heavy atom. The molecule has 128 valence electrons. The van der Waals surface area contributed by atoms with E-state index in [0.29, 0.717) is 13.0 Å². The number of rotatable bonds is 3. The van der Waals surface area contributed by atoms with E-state index in [9.17, 15) is 9.59 Å². The van der Waals surface area contributed by atoms with Crippen LogP contribution < -0.4 is 5.48 Å². The number of benzene rings is 1. The zero-order valence-corrected chi connectivity index (χ0v) is 14.7. The summed E-state index contributed by atoms with van der Waals surface area (Å²) in [5.74, 6) is 0.158. The van der Waals surface area contributed by atoms with Crippen molar-refractivity contribution in [1.82, 2.24) is 10.4 Å². The van der Waals surface area contributed by atoms with Crippen molar-refractivity contribution >= 4 is 23.5 Å². The molecule has 0 bridgehead atoms. The third-order valence-electron chi connectivity index (χ3n) is 4.01. The molecule has 1 aliphatic heterocycles. The molecule has 0 unspecified atom stereocenters. The van der Waals surface area contributed by atoms with Crippen LogP contribution in [0.1, 0.15) is 31.2 Å². The average Bonchev–Trinajstić information content (AvgIpc) is 2.92. The van der Waals surface area contributed by atoms with Gasteiger partial charge in [0.15, 0.2) is 6.29 Å². The lowest BCUT2D eigenvalue weighted by molar-refractivity contribution is -0.131. The highest BCUT2D eigenvalue weighted by Gasteiger charge is 2.25. The fraction of sp³-hybridized carbons (Fsp3) is 0.333. The quantitative estimate of drug-likeness (QED) is 0.662. The molecule has 5 nitrogen and oxygen atoms in total. The molecule has 2 heterocycles. The fourth-order valence-corrected chi connectivity index (χ4v) is 3.88. The second kappa shape index (κ2) is 8.73. The van der Waals surface area contributed by atoms with Gasteiger partial charge in [0.2, 0.25) is 5.91 Å². The van der Waals surface area contributed by atoms with Crippen molar-refractivity contribution in [1.29, 1.82) is 0 Å². The van der Waals surface area contributed by atoms with Gasteiger partial charge in [-0.1, -0.05) is 30.3 Å². The summed E-state index contributed by atoms with van der Waals surface area (Å²) >= 11 is 1.57. The summed E-state index contributed by atoms with van der Waals surface area (Å²) < 4.78 is 0. The van der Waals surface area contributed by atoms with E-state index < -0.39 is 0 Å². The molecule has 0 aliphatic carbocycles. The average molecular weight is 346 g/mol. The van der Waals surface area contributed by atoms with E-state index in [0.717, 1.165) is 35.3 Å². The van der Waals surface area contributed by atoms with Crippen LogP contribution in [0, 0.1) is 6.92 Å². The van der Waals surface area contributed by atoms with E-state index in [1.54, 1.807) is 16.8 Å². The van der Waals surface area contributed by atoms with Crippen molar-refractivity contribution in [2.45, 2.75) is 26.3 Å². The van der Waals surface area contributed by atoms with Crippen molar-refractivity contribution < 1.29 is 14.8 Å². The molecule has 1 aromatic heterocycles. The van der Waals surface area contributed by atoms with Crippen LogP contribution in [0.3, 0.4) is 0 Å². The monoisotopic (exact) mass is 346 g/mol. The van der Waals surface area contributed by atoms with Gasteiger partial charge < -0.3 is 10.1 Å². The van der Waals surface area contributed by atoms with Gasteiger partial charge in [0.1, 0.15) is 0 Å². The van der Waals surface area contributed by atoms with E-state index >= 15 is 0 Å². The van der Waals surface area contributed by atoms with E-state index in [1.165, 1.54) is 17.5 Å². The minimum atomic E-state index is 0.158. The summed E-state index contributed by atoms with van der Waals surface area (Å²) in [6.45, 7) is 3.36. The first-order chi connectivity index (χ1) is 11.6. The molecule has 3 rings (SSSR count). The number of hydroxylamine groups is 1. The second-order valence-corrected chi connectivity index (χ2v) is 6.70. The predicted molar refractivity (Wildman–Crippen MR) is 94.6 cm³/mol. The van der Waals surface area contributed by atoms with Gasteiger partial charge >= 0.3 is 0 Å². The fourth-order valence-electron chi connectivity index (χ4n) is 2.75. The van der Waals surface area contributed by atoms with Crippen molar-refractivity contribution in [3.05, 3.63) is 56.8 Å². The molecule has 0 saturated heterocycles. The Labute approximate surface area is 145 Å². The van der Waals surface area contributed by atoms with Crippen LogP contribution in [0.25, 0.3) is 0 Å². The maximum absolute atomic E-state index is 12.4. The Kier molecular flexibility index (Phi) is 6.66. The predicted octanol–water partition coefficient (Wildman–Crippen LogP) is 2.59. The first-order valence-electron chi connectivity index (χ1n) is 7.79. The third kappa shape index (κ3) is 4.29. The molecule has 0 saturated carbocycles. The van der Waals surface area contributed by atoms with Gasteiger partial charge in [-0.15, -0.1) is 11.3 Å². The van der Waals surface area contributed by atoms with Crippen molar-refractivity contribution in [2.75, 3.05) is 13.6 Å².